The van der Waals surface area contributed by atoms with Crippen LogP contribution < -0.4 is 20.1 Å². The molecule has 4 rings (SSSR count). The van der Waals surface area contributed by atoms with Gasteiger partial charge in [-0.2, -0.15) is 4.31 Å². The summed E-state index contributed by atoms with van der Waals surface area (Å²) in [5, 5.41) is 8.69. The number of aromatic nitrogens is 1. The monoisotopic (exact) mass is 516 g/mol. The van der Waals surface area contributed by atoms with E-state index in [1.54, 1.807) is 18.2 Å². The first-order valence-corrected chi connectivity index (χ1v) is 13.4. The fraction of sp³-hybridized carbons (Fsp3) is 0.333. The third-order valence-corrected chi connectivity index (χ3v) is 8.66. The Morgan fingerprint density at radius 2 is 1.91 bits per heavy atom. The van der Waals surface area contributed by atoms with E-state index in [9.17, 15) is 13.2 Å². The lowest BCUT2D eigenvalue weighted by molar-refractivity contribution is -0.120. The predicted octanol–water partition coefficient (Wildman–Crippen LogP) is 3.91. The van der Waals surface area contributed by atoms with Gasteiger partial charge in [0, 0.05) is 31.1 Å². The lowest BCUT2D eigenvalue weighted by Gasteiger charge is -2.31. The van der Waals surface area contributed by atoms with E-state index in [2.05, 4.69) is 15.6 Å². The van der Waals surface area contributed by atoms with Crippen LogP contribution in [-0.2, 0) is 14.8 Å². The molecule has 0 saturated carbocycles. The zero-order valence-corrected chi connectivity index (χ0v) is 21.4. The van der Waals surface area contributed by atoms with Crippen molar-refractivity contribution in [3.05, 3.63) is 47.8 Å². The van der Waals surface area contributed by atoms with Crippen molar-refractivity contribution in [3.8, 4) is 22.8 Å². The van der Waals surface area contributed by atoms with Crippen LogP contribution in [0.1, 0.15) is 12.8 Å². The number of carbonyl (C=O) groups excluding carboxylic acids is 1. The third-order valence-electron chi connectivity index (χ3n) is 5.92. The molecule has 1 saturated heterocycles. The summed E-state index contributed by atoms with van der Waals surface area (Å²) >= 11 is 1.49. The summed E-state index contributed by atoms with van der Waals surface area (Å²) in [6.45, 7) is 0.481. The van der Waals surface area contributed by atoms with E-state index in [0.29, 0.717) is 36.6 Å². The largest absolute Gasteiger partial charge is 0.497 e. The number of carbonyl (C=O) groups is 1. The summed E-state index contributed by atoms with van der Waals surface area (Å²) in [7, 11) is 1.15. The van der Waals surface area contributed by atoms with Crippen molar-refractivity contribution in [1.82, 2.24) is 9.29 Å². The average Bonchev–Trinajstić information content (AvgIpc) is 3.38. The molecule has 0 bridgehead atoms. The minimum absolute atomic E-state index is 0.111. The molecule has 1 atom stereocenters. The molecular formula is C24H28N4O5S2. The Balaban J connectivity index is 1.51. The van der Waals surface area contributed by atoms with E-state index in [0.717, 1.165) is 16.4 Å². The first-order chi connectivity index (χ1) is 16.8. The van der Waals surface area contributed by atoms with E-state index >= 15 is 0 Å². The van der Waals surface area contributed by atoms with Gasteiger partial charge in [-0.15, -0.1) is 11.3 Å². The first kappa shape index (κ1) is 25.0. The van der Waals surface area contributed by atoms with Crippen molar-refractivity contribution < 1.29 is 22.7 Å². The third kappa shape index (κ3) is 5.42. The molecule has 186 valence electrons. The van der Waals surface area contributed by atoms with Gasteiger partial charge in [0.05, 0.1) is 36.4 Å². The van der Waals surface area contributed by atoms with Crippen LogP contribution in [0.2, 0.25) is 0 Å². The van der Waals surface area contributed by atoms with Crippen LogP contribution in [0.5, 0.6) is 11.5 Å². The van der Waals surface area contributed by atoms with Crippen molar-refractivity contribution in [2.45, 2.75) is 17.7 Å². The van der Waals surface area contributed by atoms with Gasteiger partial charge in [0.25, 0.3) is 0 Å². The van der Waals surface area contributed by atoms with Gasteiger partial charge in [0.15, 0.2) is 5.13 Å². The van der Waals surface area contributed by atoms with Crippen LogP contribution in [0.4, 0.5) is 10.8 Å². The summed E-state index contributed by atoms with van der Waals surface area (Å²) in [5.74, 6) is 0.366. The van der Waals surface area contributed by atoms with Gasteiger partial charge in [0.2, 0.25) is 15.9 Å². The molecule has 1 unspecified atom stereocenters. The molecule has 3 aromatic rings. The highest BCUT2D eigenvalue weighted by atomic mass is 32.2. The number of sulfonamides is 1. The number of ether oxygens (including phenoxy) is 2. The molecule has 2 N–H and O–H groups in total. The molecule has 2 aromatic carbocycles. The molecule has 1 aliphatic rings. The molecule has 0 spiro atoms. The quantitative estimate of drug-likeness (QED) is 0.467. The Bertz CT molecular complexity index is 1290. The van der Waals surface area contributed by atoms with E-state index in [-0.39, 0.29) is 17.3 Å². The minimum atomic E-state index is -3.72. The van der Waals surface area contributed by atoms with Gasteiger partial charge in [-0.05, 0) is 55.3 Å². The Morgan fingerprint density at radius 1 is 1.14 bits per heavy atom. The number of nitrogens with zero attached hydrogens (tertiary/aromatic N) is 2. The second-order valence-electron chi connectivity index (χ2n) is 8.07. The summed E-state index contributed by atoms with van der Waals surface area (Å²) in [6.07, 6.45) is 1.19. The van der Waals surface area contributed by atoms with Crippen LogP contribution in [-0.4, -0.2) is 58.0 Å². The molecule has 1 aromatic heterocycles. The van der Waals surface area contributed by atoms with Gasteiger partial charge in [-0.1, -0.05) is 0 Å². The number of piperidine rings is 1. The number of benzene rings is 2. The van der Waals surface area contributed by atoms with Gasteiger partial charge in [0.1, 0.15) is 11.5 Å². The fourth-order valence-corrected chi connectivity index (χ4v) is 6.20. The van der Waals surface area contributed by atoms with E-state index < -0.39 is 15.9 Å². The lowest BCUT2D eigenvalue weighted by atomic mass is 9.98. The molecule has 1 fully saturated rings. The minimum Gasteiger partial charge on any atom is -0.497 e. The summed E-state index contributed by atoms with van der Waals surface area (Å²) in [6, 6.07) is 11.7. The number of nitrogens with one attached hydrogen (secondary N) is 2. The summed E-state index contributed by atoms with van der Waals surface area (Å²) in [5.41, 5.74) is 2.14. The zero-order valence-electron chi connectivity index (χ0n) is 19.8. The molecule has 35 heavy (non-hydrogen) atoms. The number of thiazole rings is 1. The Hall–Kier alpha value is -3.15. The smallest absolute Gasteiger partial charge is 0.243 e. The highest BCUT2D eigenvalue weighted by molar-refractivity contribution is 7.89. The summed E-state index contributed by atoms with van der Waals surface area (Å²) in [4.78, 5) is 17.9. The molecule has 1 amide bonds. The predicted molar refractivity (Wildman–Crippen MR) is 137 cm³/mol. The number of anilines is 2. The van der Waals surface area contributed by atoms with Crippen LogP contribution in [0.15, 0.2) is 52.7 Å². The van der Waals surface area contributed by atoms with Crippen LogP contribution >= 0.6 is 11.3 Å². The van der Waals surface area contributed by atoms with Gasteiger partial charge < -0.3 is 20.1 Å². The first-order valence-electron chi connectivity index (χ1n) is 11.1. The second-order valence-corrected chi connectivity index (χ2v) is 10.9. The van der Waals surface area contributed by atoms with Gasteiger partial charge >= 0.3 is 0 Å². The Kier molecular flexibility index (Phi) is 7.58. The molecule has 2 heterocycles. The van der Waals surface area contributed by atoms with Crippen molar-refractivity contribution >= 4 is 38.1 Å². The van der Waals surface area contributed by atoms with Gasteiger partial charge in [-0.3, -0.25) is 4.79 Å². The summed E-state index contributed by atoms with van der Waals surface area (Å²) < 4.78 is 38.3. The van der Waals surface area contributed by atoms with E-state index in [1.165, 1.54) is 42.0 Å². The molecule has 0 aliphatic carbocycles. The van der Waals surface area contributed by atoms with Crippen molar-refractivity contribution in [2.24, 2.45) is 5.92 Å². The maximum Gasteiger partial charge on any atom is 0.243 e. The van der Waals surface area contributed by atoms with Crippen LogP contribution in [0, 0.1) is 5.92 Å². The highest BCUT2D eigenvalue weighted by Crippen LogP contribution is 2.33. The maximum atomic E-state index is 13.2. The molecule has 11 heteroatoms. The van der Waals surface area contributed by atoms with Crippen LogP contribution in [0.3, 0.4) is 0 Å². The van der Waals surface area contributed by atoms with Crippen LogP contribution in [0.25, 0.3) is 11.3 Å². The highest BCUT2D eigenvalue weighted by Gasteiger charge is 2.33. The molecule has 0 radical (unpaired) electrons. The Labute approximate surface area is 209 Å². The number of amides is 1. The topological polar surface area (TPSA) is 110 Å². The van der Waals surface area contributed by atoms with E-state index in [1.807, 2.05) is 24.6 Å². The van der Waals surface area contributed by atoms with Crippen molar-refractivity contribution in [1.29, 1.82) is 0 Å². The van der Waals surface area contributed by atoms with Gasteiger partial charge in [-0.25, -0.2) is 13.4 Å². The number of rotatable bonds is 8. The average molecular weight is 517 g/mol. The Morgan fingerprint density at radius 3 is 2.57 bits per heavy atom. The van der Waals surface area contributed by atoms with Crippen molar-refractivity contribution in [3.63, 3.8) is 0 Å². The normalized spacial score (nSPS) is 16.5. The second kappa shape index (κ2) is 10.6. The lowest BCUT2D eigenvalue weighted by Crippen LogP contribution is -2.43. The molecular weight excluding hydrogens is 488 g/mol. The number of hydrogen-bond donors (Lipinski definition) is 2. The van der Waals surface area contributed by atoms with Crippen molar-refractivity contribution in [2.75, 3.05) is 45.0 Å². The number of hydrogen-bond acceptors (Lipinski definition) is 8. The maximum absolute atomic E-state index is 13.2. The zero-order chi connectivity index (χ0) is 25.0. The SMILES string of the molecule is CNc1nc(-c2ccc(OC)c(NC(=O)C3CCCN(S(=O)(=O)c4ccc(OC)cc4)C3)c2)cs1. The van der Waals surface area contributed by atoms with E-state index in [4.69, 9.17) is 9.47 Å². The standard InChI is InChI=1S/C24H28N4O5S2/c1-25-24-27-21(15-34-24)16-6-11-22(33-3)20(13-16)26-23(29)17-5-4-12-28(14-17)35(30,31)19-9-7-18(32-2)8-10-19/h6-11,13,15,17H,4-5,12,14H2,1-3H3,(H,25,27)(H,26,29). The molecule has 1 aliphatic heterocycles. The number of methoxy groups -OCH3 is 2. The fourth-order valence-electron chi connectivity index (χ4n) is 3.99. The molecule has 9 nitrogen and oxygen atoms in total.